The second kappa shape index (κ2) is 7.51. The molecule has 1 aliphatic rings. The van der Waals surface area contributed by atoms with E-state index in [0.29, 0.717) is 12.0 Å². The summed E-state index contributed by atoms with van der Waals surface area (Å²) in [4.78, 5) is 14.3. The highest BCUT2D eigenvalue weighted by Crippen LogP contribution is 2.36. The van der Waals surface area contributed by atoms with Crippen molar-refractivity contribution in [1.82, 2.24) is 4.90 Å². The predicted molar refractivity (Wildman–Crippen MR) is 91.2 cm³/mol. The van der Waals surface area contributed by atoms with Gasteiger partial charge in [-0.3, -0.25) is 4.90 Å². The fourth-order valence-corrected chi connectivity index (χ4v) is 3.35. The number of benzene rings is 1. The normalized spacial score (nSPS) is 22.5. The van der Waals surface area contributed by atoms with Gasteiger partial charge in [0.15, 0.2) is 0 Å². The van der Waals surface area contributed by atoms with Crippen LogP contribution < -0.4 is 0 Å². The number of hydrogen-bond acceptors (Lipinski definition) is 3. The Labute approximate surface area is 143 Å². The van der Waals surface area contributed by atoms with E-state index in [4.69, 9.17) is 4.74 Å². The SMILES string of the molecule is CCC[C@H]1CC[C@H]([C@H](O)c2cccc(F)c2)N1C(=O)OC(C)(C)C. The summed E-state index contributed by atoms with van der Waals surface area (Å²) in [5, 5.41) is 10.7. The van der Waals surface area contributed by atoms with Gasteiger partial charge in [0.2, 0.25) is 0 Å². The molecule has 0 radical (unpaired) electrons. The van der Waals surface area contributed by atoms with E-state index in [9.17, 15) is 14.3 Å². The number of aliphatic hydroxyl groups is 1. The van der Waals surface area contributed by atoms with Crippen LogP contribution in [0.2, 0.25) is 0 Å². The molecule has 2 rings (SSSR count). The molecule has 0 saturated carbocycles. The number of halogens is 1. The average molecular weight is 337 g/mol. The van der Waals surface area contributed by atoms with Crippen molar-refractivity contribution in [3.05, 3.63) is 35.6 Å². The molecule has 1 N–H and O–H groups in total. The first kappa shape index (κ1) is 18.7. The van der Waals surface area contributed by atoms with Crippen LogP contribution in [0.4, 0.5) is 9.18 Å². The van der Waals surface area contributed by atoms with Gasteiger partial charge in [0.05, 0.1) is 12.1 Å². The molecular weight excluding hydrogens is 309 g/mol. The van der Waals surface area contributed by atoms with Crippen molar-refractivity contribution in [2.75, 3.05) is 0 Å². The van der Waals surface area contributed by atoms with Crippen LogP contribution in [0.3, 0.4) is 0 Å². The standard InChI is InChI=1S/C19H28FNO3/c1-5-7-15-10-11-16(21(15)18(23)24-19(2,3)4)17(22)13-8-6-9-14(20)12-13/h6,8-9,12,15-17,22H,5,7,10-11H2,1-4H3/t15-,16+,17+/m0/s1. The highest BCUT2D eigenvalue weighted by atomic mass is 19.1. The fraction of sp³-hybridized carbons (Fsp3) is 0.632. The first-order valence-corrected chi connectivity index (χ1v) is 8.67. The number of amides is 1. The number of carbonyl (C=O) groups is 1. The van der Waals surface area contributed by atoms with Crippen LogP contribution in [0.25, 0.3) is 0 Å². The van der Waals surface area contributed by atoms with Crippen LogP contribution in [0.5, 0.6) is 0 Å². The van der Waals surface area contributed by atoms with Crippen molar-refractivity contribution < 1.29 is 19.0 Å². The second-order valence-electron chi connectivity index (χ2n) is 7.47. The minimum absolute atomic E-state index is 0.0538. The van der Waals surface area contributed by atoms with Gasteiger partial charge < -0.3 is 9.84 Å². The summed E-state index contributed by atoms with van der Waals surface area (Å²) in [7, 11) is 0. The number of ether oxygens (including phenoxy) is 1. The van der Waals surface area contributed by atoms with Crippen molar-refractivity contribution >= 4 is 6.09 Å². The van der Waals surface area contributed by atoms with Crippen molar-refractivity contribution in [3.8, 4) is 0 Å². The molecule has 1 saturated heterocycles. The van der Waals surface area contributed by atoms with Crippen LogP contribution in [0.15, 0.2) is 24.3 Å². The van der Waals surface area contributed by atoms with Gasteiger partial charge in [0, 0.05) is 6.04 Å². The minimum atomic E-state index is -0.921. The van der Waals surface area contributed by atoms with E-state index in [1.54, 1.807) is 17.0 Å². The Bertz CT molecular complexity index is 570. The fourth-order valence-electron chi connectivity index (χ4n) is 3.35. The van der Waals surface area contributed by atoms with Crippen LogP contribution in [0, 0.1) is 5.82 Å². The Morgan fingerprint density at radius 1 is 1.42 bits per heavy atom. The van der Waals surface area contributed by atoms with E-state index in [1.165, 1.54) is 12.1 Å². The Kier molecular flexibility index (Phi) is 5.86. The number of rotatable bonds is 4. The second-order valence-corrected chi connectivity index (χ2v) is 7.47. The lowest BCUT2D eigenvalue weighted by Crippen LogP contribution is -2.46. The molecule has 1 aromatic carbocycles. The molecule has 0 aromatic heterocycles. The molecular formula is C19H28FNO3. The topological polar surface area (TPSA) is 49.8 Å². The van der Waals surface area contributed by atoms with Crippen molar-refractivity contribution in [1.29, 1.82) is 0 Å². The van der Waals surface area contributed by atoms with Crippen LogP contribution in [-0.4, -0.2) is 33.8 Å². The third kappa shape index (κ3) is 4.47. The summed E-state index contributed by atoms with van der Waals surface area (Å²) in [6.07, 6.45) is 2.00. The van der Waals surface area contributed by atoms with Crippen molar-refractivity contribution in [3.63, 3.8) is 0 Å². The molecule has 3 atom stereocenters. The van der Waals surface area contributed by atoms with Gasteiger partial charge in [-0.05, 0) is 57.7 Å². The van der Waals surface area contributed by atoms with Crippen molar-refractivity contribution in [2.24, 2.45) is 0 Å². The molecule has 0 spiro atoms. The lowest BCUT2D eigenvalue weighted by atomic mass is 10.0. The summed E-state index contributed by atoms with van der Waals surface area (Å²) in [5.41, 5.74) is -0.101. The van der Waals surface area contributed by atoms with Gasteiger partial charge in [-0.1, -0.05) is 25.5 Å². The van der Waals surface area contributed by atoms with Crippen LogP contribution in [0.1, 0.15) is 65.0 Å². The quantitative estimate of drug-likeness (QED) is 0.884. The van der Waals surface area contributed by atoms with E-state index < -0.39 is 29.7 Å². The maximum Gasteiger partial charge on any atom is 0.410 e. The molecule has 4 nitrogen and oxygen atoms in total. The molecule has 0 unspecified atom stereocenters. The van der Waals surface area contributed by atoms with Gasteiger partial charge in [0.25, 0.3) is 0 Å². The van der Waals surface area contributed by atoms with E-state index in [1.807, 2.05) is 20.8 Å². The third-order valence-corrected chi connectivity index (χ3v) is 4.33. The van der Waals surface area contributed by atoms with Crippen LogP contribution >= 0.6 is 0 Å². The Hall–Kier alpha value is -1.62. The van der Waals surface area contributed by atoms with Gasteiger partial charge in [-0.15, -0.1) is 0 Å². The molecule has 5 heteroatoms. The predicted octanol–water partition coefficient (Wildman–Crippen LogP) is 4.43. The smallest absolute Gasteiger partial charge is 0.410 e. The van der Waals surface area contributed by atoms with E-state index in [-0.39, 0.29) is 6.04 Å². The average Bonchev–Trinajstić information content (AvgIpc) is 2.89. The zero-order chi connectivity index (χ0) is 17.9. The first-order chi connectivity index (χ1) is 11.2. The van der Waals surface area contributed by atoms with E-state index in [0.717, 1.165) is 19.3 Å². The summed E-state index contributed by atoms with van der Waals surface area (Å²) in [6.45, 7) is 7.55. The Morgan fingerprint density at radius 3 is 2.71 bits per heavy atom. The molecule has 0 bridgehead atoms. The molecule has 1 aromatic rings. The lowest BCUT2D eigenvalue weighted by Gasteiger charge is -2.34. The maximum atomic E-state index is 13.5. The number of likely N-dealkylation sites (tertiary alicyclic amines) is 1. The highest BCUT2D eigenvalue weighted by molar-refractivity contribution is 5.69. The Morgan fingerprint density at radius 2 is 2.12 bits per heavy atom. The summed E-state index contributed by atoms with van der Waals surface area (Å²) >= 11 is 0. The van der Waals surface area contributed by atoms with Gasteiger partial charge in [-0.25, -0.2) is 9.18 Å². The van der Waals surface area contributed by atoms with Gasteiger partial charge >= 0.3 is 6.09 Å². The minimum Gasteiger partial charge on any atom is -0.444 e. The maximum absolute atomic E-state index is 13.5. The molecule has 24 heavy (non-hydrogen) atoms. The number of nitrogens with zero attached hydrogens (tertiary/aromatic N) is 1. The van der Waals surface area contributed by atoms with Gasteiger partial charge in [0.1, 0.15) is 11.4 Å². The number of aliphatic hydroxyl groups excluding tert-OH is 1. The molecule has 1 amide bonds. The van der Waals surface area contributed by atoms with Crippen molar-refractivity contribution in [2.45, 2.75) is 77.2 Å². The Balaban J connectivity index is 2.24. The lowest BCUT2D eigenvalue weighted by molar-refractivity contribution is -0.00541. The molecule has 1 aliphatic heterocycles. The summed E-state index contributed by atoms with van der Waals surface area (Å²) in [5.74, 6) is -0.390. The van der Waals surface area contributed by atoms with Crippen LogP contribution in [-0.2, 0) is 4.74 Å². The monoisotopic (exact) mass is 337 g/mol. The third-order valence-electron chi connectivity index (χ3n) is 4.33. The molecule has 1 fully saturated rings. The van der Waals surface area contributed by atoms with Gasteiger partial charge in [-0.2, -0.15) is 0 Å². The zero-order valence-corrected chi connectivity index (χ0v) is 15.0. The largest absolute Gasteiger partial charge is 0.444 e. The number of carbonyl (C=O) groups excluding carboxylic acids is 1. The zero-order valence-electron chi connectivity index (χ0n) is 15.0. The summed E-state index contributed by atoms with van der Waals surface area (Å²) in [6, 6.07) is 5.59. The number of hydrogen-bond donors (Lipinski definition) is 1. The summed E-state index contributed by atoms with van der Waals surface area (Å²) < 4.78 is 19.0. The molecule has 134 valence electrons. The molecule has 1 heterocycles. The van der Waals surface area contributed by atoms with E-state index >= 15 is 0 Å². The highest BCUT2D eigenvalue weighted by Gasteiger charge is 2.42. The first-order valence-electron chi connectivity index (χ1n) is 8.67. The van der Waals surface area contributed by atoms with E-state index in [2.05, 4.69) is 6.92 Å². The molecule has 0 aliphatic carbocycles.